The Hall–Kier alpha value is -1.37. The molecule has 1 aromatic carbocycles. The van der Waals surface area contributed by atoms with Crippen molar-refractivity contribution in [3.8, 4) is 0 Å². The molecule has 0 N–H and O–H groups in total. The summed E-state index contributed by atoms with van der Waals surface area (Å²) in [7, 11) is 0. The van der Waals surface area contributed by atoms with Crippen molar-refractivity contribution < 1.29 is 14.3 Å². The predicted octanol–water partition coefficient (Wildman–Crippen LogP) is 2.10. The molecule has 5 nitrogen and oxygen atoms in total. The Labute approximate surface area is 135 Å². The second kappa shape index (κ2) is 5.79. The predicted molar refractivity (Wildman–Crippen MR) is 81.9 cm³/mol. The number of anilines is 1. The highest BCUT2D eigenvalue weighted by atomic mass is 79.9. The van der Waals surface area contributed by atoms with Crippen LogP contribution in [0.2, 0.25) is 0 Å². The first-order chi connectivity index (χ1) is 10.1. The van der Waals surface area contributed by atoms with E-state index in [2.05, 4.69) is 15.9 Å². The summed E-state index contributed by atoms with van der Waals surface area (Å²) in [4.78, 5) is 27.8. The molecule has 0 unspecified atom stereocenters. The summed E-state index contributed by atoms with van der Waals surface area (Å²) in [5.74, 6) is -0.861. The lowest BCUT2D eigenvalue weighted by molar-refractivity contribution is -0.121. The molecular weight excluding hydrogens is 360 g/mol. The van der Waals surface area contributed by atoms with Gasteiger partial charge in [-0.25, -0.2) is 4.90 Å². The third kappa shape index (κ3) is 2.59. The van der Waals surface area contributed by atoms with Crippen molar-refractivity contribution in [2.24, 2.45) is 0 Å². The molecule has 2 aliphatic rings. The molecule has 0 atom stereocenters. The second-order valence-electron chi connectivity index (χ2n) is 4.68. The van der Waals surface area contributed by atoms with Crippen molar-refractivity contribution >= 4 is 45.0 Å². The second-order valence-corrected chi connectivity index (χ2v) is 5.98. The van der Waals surface area contributed by atoms with Crippen molar-refractivity contribution in [1.29, 1.82) is 0 Å². The molecule has 1 aromatic rings. The minimum absolute atomic E-state index is 0.0233. The van der Waals surface area contributed by atoms with Gasteiger partial charge in [0.05, 0.1) is 18.9 Å². The molecule has 3 rings (SSSR count). The van der Waals surface area contributed by atoms with E-state index in [0.29, 0.717) is 32.0 Å². The minimum Gasteiger partial charge on any atom is -0.378 e. The summed E-state index contributed by atoms with van der Waals surface area (Å²) >= 11 is 9.43. The van der Waals surface area contributed by atoms with Crippen LogP contribution in [-0.4, -0.2) is 43.0 Å². The number of hydrogen-bond acceptors (Lipinski definition) is 4. The molecule has 7 heteroatoms. The fourth-order valence-electron chi connectivity index (χ4n) is 2.38. The summed E-state index contributed by atoms with van der Waals surface area (Å²) < 4.78 is 6.13. The normalized spacial score (nSPS) is 19.7. The first-order valence-electron chi connectivity index (χ1n) is 6.46. The van der Waals surface area contributed by atoms with Gasteiger partial charge in [-0.3, -0.25) is 9.59 Å². The van der Waals surface area contributed by atoms with E-state index in [1.165, 1.54) is 0 Å². The van der Waals surface area contributed by atoms with E-state index >= 15 is 0 Å². The number of benzene rings is 1. The molecule has 0 aromatic heterocycles. The molecule has 1 fully saturated rings. The number of halogens is 2. The fraction of sp³-hybridized carbons (Fsp3) is 0.286. The van der Waals surface area contributed by atoms with Gasteiger partial charge in [-0.2, -0.15) is 0 Å². The molecule has 0 aliphatic carbocycles. The van der Waals surface area contributed by atoms with Gasteiger partial charge in [-0.1, -0.05) is 27.5 Å². The van der Waals surface area contributed by atoms with Crippen LogP contribution in [0, 0.1) is 0 Å². The first-order valence-corrected chi connectivity index (χ1v) is 7.63. The average Bonchev–Trinajstić information content (AvgIpc) is 2.72. The summed E-state index contributed by atoms with van der Waals surface area (Å²) in [6.45, 7) is 2.15. The highest BCUT2D eigenvalue weighted by Gasteiger charge is 2.41. The zero-order valence-corrected chi connectivity index (χ0v) is 13.4. The van der Waals surface area contributed by atoms with Crippen LogP contribution in [0.3, 0.4) is 0 Å². The van der Waals surface area contributed by atoms with Gasteiger partial charge < -0.3 is 9.64 Å². The van der Waals surface area contributed by atoms with Crippen molar-refractivity contribution in [3.05, 3.63) is 39.5 Å². The molecule has 2 aliphatic heterocycles. The van der Waals surface area contributed by atoms with Gasteiger partial charge in [0.25, 0.3) is 11.8 Å². The summed E-state index contributed by atoms with van der Waals surface area (Å²) in [5, 5.41) is -0.0233. The Kier molecular flexibility index (Phi) is 4.01. The van der Waals surface area contributed by atoms with Crippen LogP contribution in [0.5, 0.6) is 0 Å². The lowest BCUT2D eigenvalue weighted by atomic mass is 10.3. The number of carbonyl (C=O) groups excluding carboxylic acids is 2. The van der Waals surface area contributed by atoms with E-state index in [4.69, 9.17) is 16.3 Å². The molecule has 0 bridgehead atoms. The van der Waals surface area contributed by atoms with E-state index in [9.17, 15) is 9.59 Å². The number of hydrogen-bond donors (Lipinski definition) is 0. The molecule has 2 amide bonds. The molecule has 110 valence electrons. The Balaban J connectivity index is 1.92. The van der Waals surface area contributed by atoms with Crippen LogP contribution in [0.15, 0.2) is 39.5 Å². The van der Waals surface area contributed by atoms with Crippen molar-refractivity contribution in [1.82, 2.24) is 4.90 Å². The number of amides is 2. The maximum atomic E-state index is 12.6. The quantitative estimate of drug-likeness (QED) is 0.747. The molecule has 1 saturated heterocycles. The Morgan fingerprint density at radius 2 is 1.67 bits per heavy atom. The van der Waals surface area contributed by atoms with Crippen LogP contribution in [-0.2, 0) is 14.3 Å². The standard InChI is InChI=1S/C14H12BrClN2O3/c15-9-1-3-10(4-2-9)18-13(19)11(16)12(14(18)20)17-5-7-21-8-6-17/h1-4H,5-8H2. The van der Waals surface area contributed by atoms with Crippen molar-refractivity contribution in [2.75, 3.05) is 31.2 Å². The number of imide groups is 1. The monoisotopic (exact) mass is 370 g/mol. The lowest BCUT2D eigenvalue weighted by Crippen LogP contribution is -2.40. The minimum atomic E-state index is -0.481. The Morgan fingerprint density at radius 3 is 2.29 bits per heavy atom. The van der Waals surface area contributed by atoms with Crippen molar-refractivity contribution in [3.63, 3.8) is 0 Å². The fourth-order valence-corrected chi connectivity index (χ4v) is 2.93. The van der Waals surface area contributed by atoms with Gasteiger partial charge in [-0.15, -0.1) is 0 Å². The zero-order chi connectivity index (χ0) is 15.0. The van der Waals surface area contributed by atoms with Gasteiger partial charge in [0.2, 0.25) is 0 Å². The lowest BCUT2D eigenvalue weighted by Gasteiger charge is -2.29. The van der Waals surface area contributed by atoms with Crippen LogP contribution < -0.4 is 4.90 Å². The molecule has 0 spiro atoms. The van der Waals surface area contributed by atoms with E-state index in [-0.39, 0.29) is 16.6 Å². The number of rotatable bonds is 2. The van der Waals surface area contributed by atoms with Crippen LogP contribution in [0.25, 0.3) is 0 Å². The topological polar surface area (TPSA) is 49.9 Å². The highest BCUT2D eigenvalue weighted by molar-refractivity contribution is 9.10. The maximum absolute atomic E-state index is 12.6. The molecular formula is C14H12BrClN2O3. The van der Waals surface area contributed by atoms with Crippen LogP contribution in [0.1, 0.15) is 0 Å². The zero-order valence-electron chi connectivity index (χ0n) is 11.0. The Bertz CT molecular complexity index is 624. The SMILES string of the molecule is O=C1C(Cl)=C(N2CCOCC2)C(=O)N1c1ccc(Br)cc1. The van der Waals surface area contributed by atoms with Crippen LogP contribution in [0.4, 0.5) is 5.69 Å². The van der Waals surface area contributed by atoms with E-state index in [0.717, 1.165) is 9.37 Å². The number of nitrogens with zero attached hydrogens (tertiary/aromatic N) is 2. The van der Waals surface area contributed by atoms with E-state index in [1.807, 2.05) is 4.90 Å². The highest BCUT2D eigenvalue weighted by Crippen LogP contribution is 2.31. The summed E-state index contributed by atoms with van der Waals surface area (Å²) in [5.41, 5.74) is 0.780. The summed E-state index contributed by atoms with van der Waals surface area (Å²) in [6.07, 6.45) is 0. The van der Waals surface area contributed by atoms with Crippen LogP contribution >= 0.6 is 27.5 Å². The Morgan fingerprint density at radius 1 is 1.05 bits per heavy atom. The third-order valence-corrected chi connectivity index (χ3v) is 4.29. The summed E-state index contributed by atoms with van der Waals surface area (Å²) in [6, 6.07) is 6.95. The van der Waals surface area contributed by atoms with Gasteiger partial charge in [0.1, 0.15) is 10.7 Å². The first kappa shape index (κ1) is 14.6. The molecule has 2 heterocycles. The van der Waals surface area contributed by atoms with Crippen molar-refractivity contribution in [2.45, 2.75) is 0 Å². The van der Waals surface area contributed by atoms with E-state index in [1.54, 1.807) is 24.3 Å². The number of morpholine rings is 1. The van der Waals surface area contributed by atoms with Gasteiger partial charge >= 0.3 is 0 Å². The van der Waals surface area contributed by atoms with Gasteiger partial charge in [0.15, 0.2) is 0 Å². The smallest absolute Gasteiger partial charge is 0.283 e. The largest absolute Gasteiger partial charge is 0.378 e. The maximum Gasteiger partial charge on any atom is 0.283 e. The molecule has 0 radical (unpaired) electrons. The number of ether oxygens (including phenoxy) is 1. The average molecular weight is 372 g/mol. The van der Waals surface area contributed by atoms with E-state index < -0.39 is 5.91 Å². The molecule has 21 heavy (non-hydrogen) atoms. The number of carbonyl (C=O) groups is 2. The van der Waals surface area contributed by atoms with Gasteiger partial charge in [-0.05, 0) is 24.3 Å². The van der Waals surface area contributed by atoms with Gasteiger partial charge in [0, 0.05) is 17.6 Å². The molecule has 0 saturated carbocycles. The third-order valence-electron chi connectivity index (χ3n) is 3.42.